The standard InChI is InChI=1S/C17H26N4/c1-9(2)12-14-15(19-8-18-14)13(10(3)4)17-16(12)20(6)11(5)21(17)7/h8-11H,1-7H3,(H,18,19). The summed E-state index contributed by atoms with van der Waals surface area (Å²) in [7, 11) is 4.40. The lowest BCUT2D eigenvalue weighted by Crippen LogP contribution is -2.36. The van der Waals surface area contributed by atoms with E-state index < -0.39 is 0 Å². The second kappa shape index (κ2) is 4.65. The molecule has 3 rings (SSSR count). The number of aromatic nitrogens is 2. The number of anilines is 2. The molecule has 0 fully saturated rings. The first-order valence-corrected chi connectivity index (χ1v) is 7.84. The van der Waals surface area contributed by atoms with Crippen molar-refractivity contribution in [1.82, 2.24) is 9.97 Å². The van der Waals surface area contributed by atoms with Crippen LogP contribution in [0.4, 0.5) is 11.4 Å². The molecule has 0 saturated carbocycles. The fourth-order valence-electron chi connectivity index (χ4n) is 3.65. The Balaban J connectivity index is 2.49. The number of H-pyrrole nitrogens is 1. The van der Waals surface area contributed by atoms with Crippen molar-refractivity contribution in [3.8, 4) is 0 Å². The number of fused-ring (bicyclic) bond motifs is 2. The summed E-state index contributed by atoms with van der Waals surface area (Å²) in [5.74, 6) is 0.913. The molecule has 0 amide bonds. The minimum Gasteiger partial charge on any atom is -0.353 e. The number of aromatic amines is 1. The van der Waals surface area contributed by atoms with Crippen LogP contribution in [0.2, 0.25) is 0 Å². The van der Waals surface area contributed by atoms with Crippen molar-refractivity contribution in [2.75, 3.05) is 23.9 Å². The first-order valence-electron chi connectivity index (χ1n) is 7.84. The molecule has 1 aliphatic rings. The van der Waals surface area contributed by atoms with Gasteiger partial charge in [-0.15, -0.1) is 0 Å². The molecule has 114 valence electrons. The molecule has 1 atom stereocenters. The third-order valence-electron chi connectivity index (χ3n) is 4.88. The maximum absolute atomic E-state index is 4.64. The number of benzene rings is 1. The summed E-state index contributed by atoms with van der Waals surface area (Å²) in [5, 5.41) is 0. The van der Waals surface area contributed by atoms with E-state index >= 15 is 0 Å². The van der Waals surface area contributed by atoms with E-state index in [1.807, 2.05) is 6.33 Å². The van der Waals surface area contributed by atoms with Crippen molar-refractivity contribution in [3.05, 3.63) is 17.5 Å². The number of nitrogens with zero attached hydrogens (tertiary/aromatic N) is 3. The van der Waals surface area contributed by atoms with Gasteiger partial charge in [-0.05, 0) is 18.8 Å². The number of rotatable bonds is 2. The summed E-state index contributed by atoms with van der Waals surface area (Å²) < 4.78 is 0. The zero-order valence-electron chi connectivity index (χ0n) is 14.2. The molecule has 0 saturated heterocycles. The fraction of sp³-hybridized carbons (Fsp3) is 0.588. The van der Waals surface area contributed by atoms with E-state index in [0.717, 1.165) is 5.52 Å². The molecule has 0 bridgehead atoms. The number of hydrogen-bond donors (Lipinski definition) is 1. The van der Waals surface area contributed by atoms with E-state index in [-0.39, 0.29) is 0 Å². The Labute approximate surface area is 127 Å². The van der Waals surface area contributed by atoms with Gasteiger partial charge in [-0.1, -0.05) is 27.7 Å². The minimum absolute atomic E-state index is 0.376. The van der Waals surface area contributed by atoms with Gasteiger partial charge in [-0.2, -0.15) is 0 Å². The van der Waals surface area contributed by atoms with Gasteiger partial charge >= 0.3 is 0 Å². The van der Waals surface area contributed by atoms with Crippen LogP contribution in [0.1, 0.15) is 57.6 Å². The summed E-state index contributed by atoms with van der Waals surface area (Å²) in [4.78, 5) is 12.8. The van der Waals surface area contributed by atoms with Crippen LogP contribution in [0.25, 0.3) is 11.0 Å². The van der Waals surface area contributed by atoms with Gasteiger partial charge in [-0.25, -0.2) is 4.98 Å². The van der Waals surface area contributed by atoms with Crippen molar-refractivity contribution >= 4 is 22.4 Å². The van der Waals surface area contributed by atoms with Gasteiger partial charge < -0.3 is 14.8 Å². The normalized spacial score (nSPS) is 15.9. The quantitative estimate of drug-likeness (QED) is 0.905. The van der Waals surface area contributed by atoms with E-state index in [0.29, 0.717) is 18.0 Å². The smallest absolute Gasteiger partial charge is 0.0982 e. The first kappa shape index (κ1) is 14.2. The minimum atomic E-state index is 0.376. The summed E-state index contributed by atoms with van der Waals surface area (Å²) >= 11 is 0. The van der Waals surface area contributed by atoms with Gasteiger partial charge in [0.15, 0.2) is 0 Å². The molecule has 2 aromatic rings. The van der Waals surface area contributed by atoms with E-state index in [4.69, 9.17) is 0 Å². The molecule has 0 aliphatic carbocycles. The Bertz CT molecular complexity index is 628. The molecule has 0 radical (unpaired) electrons. The van der Waals surface area contributed by atoms with Crippen LogP contribution in [-0.4, -0.2) is 30.2 Å². The third kappa shape index (κ3) is 1.78. The van der Waals surface area contributed by atoms with Crippen LogP contribution in [0.5, 0.6) is 0 Å². The van der Waals surface area contributed by atoms with Crippen LogP contribution in [0, 0.1) is 0 Å². The maximum atomic E-state index is 4.64. The Morgan fingerprint density at radius 3 is 2.05 bits per heavy atom. The average Bonchev–Trinajstić information content (AvgIpc) is 2.96. The van der Waals surface area contributed by atoms with E-state index in [1.165, 1.54) is 28.0 Å². The van der Waals surface area contributed by atoms with Crippen molar-refractivity contribution in [2.45, 2.75) is 52.6 Å². The van der Waals surface area contributed by atoms with Crippen molar-refractivity contribution < 1.29 is 0 Å². The molecule has 1 aliphatic heterocycles. The van der Waals surface area contributed by atoms with Gasteiger partial charge in [0.2, 0.25) is 0 Å². The summed E-state index contributed by atoms with van der Waals surface area (Å²) in [6.07, 6.45) is 2.21. The Morgan fingerprint density at radius 1 is 1.00 bits per heavy atom. The second-order valence-electron chi connectivity index (χ2n) is 6.81. The molecular weight excluding hydrogens is 260 g/mol. The topological polar surface area (TPSA) is 35.2 Å². The van der Waals surface area contributed by atoms with Crippen molar-refractivity contribution in [2.24, 2.45) is 0 Å². The molecule has 21 heavy (non-hydrogen) atoms. The second-order valence-corrected chi connectivity index (χ2v) is 6.81. The first-order chi connectivity index (χ1) is 9.86. The Hall–Kier alpha value is -1.71. The SMILES string of the molecule is CC(C)c1c2c(c(C(C)C)c3[nH]cnc13)N(C)C(C)N2C. The van der Waals surface area contributed by atoms with Crippen LogP contribution < -0.4 is 9.80 Å². The summed E-state index contributed by atoms with van der Waals surface area (Å²) in [5.41, 5.74) is 7.84. The predicted octanol–water partition coefficient (Wildman–Crippen LogP) is 4.04. The number of hydrogen-bond acceptors (Lipinski definition) is 3. The highest BCUT2D eigenvalue weighted by molar-refractivity contribution is 5.99. The molecular formula is C17H26N4. The molecule has 1 aromatic heterocycles. The van der Waals surface area contributed by atoms with E-state index in [9.17, 15) is 0 Å². The van der Waals surface area contributed by atoms with Crippen molar-refractivity contribution in [3.63, 3.8) is 0 Å². The highest BCUT2D eigenvalue weighted by Gasteiger charge is 2.36. The van der Waals surface area contributed by atoms with E-state index in [1.54, 1.807) is 0 Å². The van der Waals surface area contributed by atoms with Crippen molar-refractivity contribution in [1.29, 1.82) is 0 Å². The highest BCUT2D eigenvalue weighted by Crippen LogP contribution is 2.50. The molecule has 1 unspecified atom stereocenters. The number of nitrogens with one attached hydrogen (secondary N) is 1. The molecule has 0 spiro atoms. The van der Waals surface area contributed by atoms with Gasteiger partial charge in [0.1, 0.15) is 0 Å². The zero-order chi connectivity index (χ0) is 15.5. The lowest BCUT2D eigenvalue weighted by molar-refractivity contribution is 0.703. The lowest BCUT2D eigenvalue weighted by atomic mass is 9.90. The Kier molecular flexibility index (Phi) is 3.15. The third-order valence-corrected chi connectivity index (χ3v) is 4.88. The fourth-order valence-corrected chi connectivity index (χ4v) is 3.65. The number of imidazole rings is 1. The van der Waals surface area contributed by atoms with Crippen LogP contribution >= 0.6 is 0 Å². The van der Waals surface area contributed by atoms with Gasteiger partial charge in [0.05, 0.1) is 34.9 Å². The largest absolute Gasteiger partial charge is 0.353 e. The molecule has 1 aromatic carbocycles. The zero-order valence-corrected chi connectivity index (χ0v) is 14.2. The van der Waals surface area contributed by atoms with Crippen LogP contribution in [0.15, 0.2) is 6.33 Å². The van der Waals surface area contributed by atoms with Gasteiger partial charge in [0, 0.05) is 25.2 Å². The predicted molar refractivity (Wildman–Crippen MR) is 90.5 cm³/mol. The molecule has 1 N–H and O–H groups in total. The monoisotopic (exact) mass is 286 g/mol. The van der Waals surface area contributed by atoms with E-state index in [2.05, 4.69) is 68.5 Å². The highest BCUT2D eigenvalue weighted by atomic mass is 15.4. The van der Waals surface area contributed by atoms with Gasteiger partial charge in [0.25, 0.3) is 0 Å². The van der Waals surface area contributed by atoms with Gasteiger partial charge in [-0.3, -0.25) is 0 Å². The van der Waals surface area contributed by atoms with Crippen LogP contribution in [0.3, 0.4) is 0 Å². The molecule has 4 heteroatoms. The van der Waals surface area contributed by atoms with Crippen LogP contribution in [-0.2, 0) is 0 Å². The molecule has 2 heterocycles. The lowest BCUT2D eigenvalue weighted by Gasteiger charge is -2.24. The molecule has 4 nitrogen and oxygen atoms in total. The summed E-state index contributed by atoms with van der Waals surface area (Å²) in [6, 6.07) is 0. The average molecular weight is 286 g/mol. The maximum Gasteiger partial charge on any atom is 0.0982 e. The summed E-state index contributed by atoms with van der Waals surface area (Å²) in [6.45, 7) is 11.3. The Morgan fingerprint density at radius 2 is 1.52 bits per heavy atom.